The van der Waals surface area contributed by atoms with E-state index < -0.39 is 51.5 Å². The van der Waals surface area contributed by atoms with Crippen molar-refractivity contribution in [3.05, 3.63) is 59.7 Å². The van der Waals surface area contributed by atoms with Crippen molar-refractivity contribution in [3.8, 4) is 0 Å². The average Bonchev–Trinajstić information content (AvgIpc) is 2.83. The Labute approximate surface area is 196 Å². The van der Waals surface area contributed by atoms with Crippen LogP contribution >= 0.6 is 0 Å². The summed E-state index contributed by atoms with van der Waals surface area (Å²) in [6.45, 7) is -1.81. The number of hydrogen-bond acceptors (Lipinski definition) is 9. The van der Waals surface area contributed by atoms with Crippen molar-refractivity contribution in [1.29, 1.82) is 0 Å². The van der Waals surface area contributed by atoms with Crippen LogP contribution in [-0.4, -0.2) is 47.5 Å². The molecule has 0 spiro atoms. The molecule has 3 aromatic rings. The van der Waals surface area contributed by atoms with Crippen molar-refractivity contribution in [2.75, 3.05) is 28.6 Å². The molecule has 34 heavy (non-hydrogen) atoms. The molecule has 0 saturated heterocycles. The third-order valence-corrected chi connectivity index (χ3v) is 4.47. The summed E-state index contributed by atoms with van der Waals surface area (Å²) in [5, 5.41) is 7.20. The van der Waals surface area contributed by atoms with Crippen molar-refractivity contribution in [2.24, 2.45) is 0 Å². The SMILES string of the molecule is [2H]CNC(=O)c1ccc(Nc2ncc(C(F)(F)F)c(NC([2H])c3nccnc3N([2H])S(C)(=O)=O)n2)cc1. The molecule has 2 aromatic heterocycles. The van der Waals surface area contributed by atoms with E-state index in [2.05, 4.69) is 35.9 Å². The van der Waals surface area contributed by atoms with Crippen LogP contribution in [0.15, 0.2) is 42.9 Å². The predicted octanol–water partition coefficient (Wildman–Crippen LogP) is 2.37. The molecule has 1 aromatic carbocycles. The second-order valence-electron chi connectivity index (χ2n) is 6.54. The molecular weight excluding hydrogens is 477 g/mol. The van der Waals surface area contributed by atoms with E-state index >= 15 is 0 Å². The Morgan fingerprint density at radius 3 is 2.50 bits per heavy atom. The van der Waals surface area contributed by atoms with Crippen LogP contribution in [0.25, 0.3) is 0 Å². The molecule has 180 valence electrons. The molecule has 1 atom stereocenters. The van der Waals surface area contributed by atoms with E-state index in [1.54, 1.807) is 0 Å². The van der Waals surface area contributed by atoms with Gasteiger partial charge in [-0.25, -0.2) is 18.4 Å². The first-order chi connectivity index (χ1) is 17.3. The topological polar surface area (TPSA) is 151 Å². The number of nitrogens with one attached hydrogen (secondary N) is 4. The zero-order valence-electron chi connectivity index (χ0n) is 20.3. The maximum Gasteiger partial charge on any atom is 0.421 e. The molecular formula is C19H19F3N8O3S. The van der Waals surface area contributed by atoms with Gasteiger partial charge >= 0.3 is 6.18 Å². The molecule has 4 N–H and O–H groups in total. The highest BCUT2D eigenvalue weighted by Gasteiger charge is 2.35. The van der Waals surface area contributed by atoms with Gasteiger partial charge < -0.3 is 16.0 Å². The minimum absolute atomic E-state index is 0.00412. The van der Waals surface area contributed by atoms with Crippen molar-refractivity contribution in [3.63, 3.8) is 0 Å². The number of amides is 1. The van der Waals surface area contributed by atoms with Gasteiger partial charge in [0.2, 0.25) is 16.0 Å². The third kappa shape index (κ3) is 6.50. The fourth-order valence-corrected chi connectivity index (χ4v) is 2.96. The molecule has 0 bridgehead atoms. The number of alkyl halides is 3. The van der Waals surface area contributed by atoms with E-state index in [0.29, 0.717) is 18.1 Å². The molecule has 0 fully saturated rings. The molecule has 1 unspecified atom stereocenters. The lowest BCUT2D eigenvalue weighted by atomic mass is 10.2. The summed E-state index contributed by atoms with van der Waals surface area (Å²) in [6, 6.07) is 5.72. The number of carbonyl (C=O) groups excluding carboxylic acids is 1. The number of halogens is 3. The number of nitrogens with zero attached hydrogens (tertiary/aromatic N) is 4. The first-order valence-corrected chi connectivity index (χ1v) is 11.0. The van der Waals surface area contributed by atoms with Crippen LogP contribution in [0.4, 0.5) is 36.4 Å². The molecule has 0 radical (unpaired) electrons. The fraction of sp³-hybridized carbons (Fsp3) is 0.211. The van der Waals surface area contributed by atoms with Crippen LogP contribution in [0.1, 0.15) is 24.4 Å². The van der Waals surface area contributed by atoms with Crippen LogP contribution in [-0.2, 0) is 22.7 Å². The Bertz CT molecular complexity index is 1380. The second-order valence-corrected chi connectivity index (χ2v) is 8.19. The van der Waals surface area contributed by atoms with Gasteiger partial charge in [-0.05, 0) is 24.3 Å². The Hall–Kier alpha value is -4.01. The van der Waals surface area contributed by atoms with Crippen LogP contribution in [0.5, 0.6) is 0 Å². The molecule has 0 aliphatic heterocycles. The minimum atomic E-state index is -4.91. The van der Waals surface area contributed by atoms with Crippen LogP contribution in [0, 0.1) is 0 Å². The van der Waals surface area contributed by atoms with E-state index in [-0.39, 0.29) is 23.3 Å². The van der Waals surface area contributed by atoms with Crippen LogP contribution < -0.4 is 20.7 Å². The van der Waals surface area contributed by atoms with Gasteiger partial charge in [-0.15, -0.1) is 0 Å². The maximum absolute atomic E-state index is 13.6. The largest absolute Gasteiger partial charge is 0.421 e. The van der Waals surface area contributed by atoms with Gasteiger partial charge in [0.15, 0.2) is 7.23 Å². The van der Waals surface area contributed by atoms with Crippen molar-refractivity contribution in [2.45, 2.75) is 12.7 Å². The average molecular weight is 499 g/mol. The smallest absolute Gasteiger partial charge is 0.364 e. The Morgan fingerprint density at radius 2 is 1.85 bits per heavy atom. The number of aromatic nitrogens is 4. The summed E-state index contributed by atoms with van der Waals surface area (Å²) < 4.78 is 87.3. The molecule has 0 saturated carbocycles. The van der Waals surface area contributed by atoms with Gasteiger partial charge in [0.1, 0.15) is 17.1 Å². The zero-order chi connectivity index (χ0) is 27.4. The summed E-state index contributed by atoms with van der Waals surface area (Å²) >= 11 is 0. The van der Waals surface area contributed by atoms with E-state index in [4.69, 9.17) is 4.15 Å². The van der Waals surface area contributed by atoms with Gasteiger partial charge in [-0.2, -0.15) is 18.2 Å². The lowest BCUT2D eigenvalue weighted by Gasteiger charge is -2.15. The monoisotopic (exact) mass is 499 g/mol. The summed E-state index contributed by atoms with van der Waals surface area (Å²) in [5.74, 6) is -2.16. The standard InChI is InChI=1S/C19H19F3N8O3S/c1-23-17(31)11-3-5-12(6-4-11)28-18-27-9-13(19(20,21)22)15(29-18)26-10-14-16(25-8-7-24-14)30-34(2,32)33/h3-9H,10H2,1-2H3,(H,23,31)(H,25,30)(H2,26,27,28,29)/i1D,10D/hD. The Kier molecular flexibility index (Phi) is 5.97. The van der Waals surface area contributed by atoms with Gasteiger partial charge in [0, 0.05) is 38.2 Å². The minimum Gasteiger partial charge on any atom is -0.364 e. The summed E-state index contributed by atoms with van der Waals surface area (Å²) in [4.78, 5) is 26.7. The predicted molar refractivity (Wildman–Crippen MR) is 118 cm³/mol. The van der Waals surface area contributed by atoms with Gasteiger partial charge in [-0.3, -0.25) is 14.5 Å². The summed E-state index contributed by atoms with van der Waals surface area (Å²) in [5.41, 5.74) is -1.17. The van der Waals surface area contributed by atoms with Gasteiger partial charge in [0.05, 0.1) is 14.1 Å². The highest BCUT2D eigenvalue weighted by Crippen LogP contribution is 2.34. The highest BCUT2D eigenvalue weighted by molar-refractivity contribution is 7.92. The number of sulfonamides is 1. The molecule has 2 heterocycles. The van der Waals surface area contributed by atoms with Crippen molar-refractivity contribution < 1.29 is 30.5 Å². The number of anilines is 4. The molecule has 1 amide bonds. The molecule has 11 nitrogen and oxygen atoms in total. The molecule has 15 heteroatoms. The highest BCUT2D eigenvalue weighted by atomic mass is 32.2. The second kappa shape index (κ2) is 9.86. The first-order valence-electron chi connectivity index (χ1n) is 10.9. The van der Waals surface area contributed by atoms with E-state index in [1.165, 1.54) is 24.3 Å². The normalized spacial score (nSPS) is 13.7. The lowest BCUT2D eigenvalue weighted by molar-refractivity contribution is -0.137. The quantitative estimate of drug-likeness (QED) is 0.366. The van der Waals surface area contributed by atoms with Crippen molar-refractivity contribution in [1.82, 2.24) is 25.3 Å². The number of rotatable bonds is 8. The van der Waals surface area contributed by atoms with E-state index in [1.807, 2.05) is 0 Å². The number of benzene rings is 1. The Balaban J connectivity index is 1.92. The van der Waals surface area contributed by atoms with Crippen LogP contribution in [0.3, 0.4) is 0 Å². The molecule has 3 rings (SSSR count). The number of hydrogen-bond donors (Lipinski definition) is 4. The lowest BCUT2D eigenvalue weighted by Crippen LogP contribution is -2.18. The third-order valence-electron chi connectivity index (χ3n) is 3.96. The van der Waals surface area contributed by atoms with Gasteiger partial charge in [0.25, 0.3) is 5.91 Å². The van der Waals surface area contributed by atoms with Crippen LogP contribution in [0.2, 0.25) is 1.41 Å². The van der Waals surface area contributed by atoms with E-state index in [9.17, 15) is 26.4 Å². The summed E-state index contributed by atoms with van der Waals surface area (Å²) in [6.07, 6.45) is -1.56. The first kappa shape index (κ1) is 20.6. The van der Waals surface area contributed by atoms with Gasteiger partial charge in [-0.1, -0.05) is 0 Å². The maximum atomic E-state index is 13.6. The van der Waals surface area contributed by atoms with E-state index in [0.717, 1.165) is 12.4 Å². The summed E-state index contributed by atoms with van der Waals surface area (Å²) in [7, 11) is -4.44. The zero-order valence-corrected chi connectivity index (χ0v) is 18.1. The molecule has 0 aliphatic carbocycles. The fourth-order valence-electron chi connectivity index (χ4n) is 2.50. The Morgan fingerprint density at radius 1 is 1.15 bits per heavy atom. The van der Waals surface area contributed by atoms with Crippen molar-refractivity contribution >= 4 is 39.2 Å². The number of carbonyl (C=O) groups is 1. The molecule has 0 aliphatic rings.